The molecule has 1 atom stereocenters. The molecule has 7 heteroatoms. The van der Waals surface area contributed by atoms with E-state index in [1.165, 1.54) is 4.90 Å². The zero-order valence-electron chi connectivity index (χ0n) is 19.7. The number of nitrogens with zero attached hydrogens (tertiary/aromatic N) is 1. The Balaban J connectivity index is 1.73. The van der Waals surface area contributed by atoms with Crippen LogP contribution in [0.5, 0.6) is 11.5 Å². The molecule has 0 aliphatic carbocycles. The average Bonchev–Trinajstić information content (AvgIpc) is 3.12. The molecule has 0 unspecified atom stereocenters. The van der Waals surface area contributed by atoms with Gasteiger partial charge in [-0.05, 0) is 48.7 Å². The quantitative estimate of drug-likeness (QED) is 0.247. The minimum absolute atomic E-state index is 0.0912. The van der Waals surface area contributed by atoms with E-state index in [0.29, 0.717) is 23.5 Å². The van der Waals surface area contributed by atoms with E-state index in [0.717, 1.165) is 21.2 Å². The number of Topliss-reactive ketones (excluding diaryl/α,β-unsaturated/α-hetero) is 1. The number of hydrogen-bond donors (Lipinski definition) is 1. The van der Waals surface area contributed by atoms with Gasteiger partial charge in [-0.15, -0.1) is 0 Å². The summed E-state index contributed by atoms with van der Waals surface area (Å²) in [6.07, 6.45) is 0.491. The summed E-state index contributed by atoms with van der Waals surface area (Å²) in [4.78, 5) is 27.9. The summed E-state index contributed by atoms with van der Waals surface area (Å²) in [6.45, 7) is 2.23. The maximum atomic E-state index is 13.2. The van der Waals surface area contributed by atoms with E-state index < -0.39 is 17.7 Å². The molecule has 1 amide bonds. The molecule has 3 aromatic carbocycles. The molecule has 1 aliphatic rings. The SMILES string of the molecule is COc1ccc(CCN2C(=O)C(=O)C(=C(O)c3ccc(C)cc3)[C@H]2c2ccc(Br)cc2)cc1OC. The van der Waals surface area contributed by atoms with Gasteiger partial charge in [-0.1, -0.05) is 64.0 Å². The number of amides is 1. The summed E-state index contributed by atoms with van der Waals surface area (Å²) in [7, 11) is 3.14. The van der Waals surface area contributed by atoms with E-state index in [9.17, 15) is 14.7 Å². The van der Waals surface area contributed by atoms with Gasteiger partial charge in [0.2, 0.25) is 0 Å². The molecule has 1 fully saturated rings. The van der Waals surface area contributed by atoms with Crippen molar-refractivity contribution in [3.63, 3.8) is 0 Å². The number of ketones is 1. The largest absolute Gasteiger partial charge is 0.507 e. The Labute approximate surface area is 212 Å². The molecule has 35 heavy (non-hydrogen) atoms. The molecule has 0 spiro atoms. The summed E-state index contributed by atoms with van der Waals surface area (Å²) in [5.41, 5.74) is 3.29. The molecule has 6 nitrogen and oxygen atoms in total. The number of carbonyl (C=O) groups excluding carboxylic acids is 2. The molecule has 1 heterocycles. The van der Waals surface area contributed by atoms with Crippen molar-refractivity contribution >= 4 is 33.4 Å². The highest BCUT2D eigenvalue weighted by atomic mass is 79.9. The van der Waals surface area contributed by atoms with E-state index in [1.54, 1.807) is 26.4 Å². The molecule has 0 saturated carbocycles. The number of aliphatic hydroxyl groups excluding tert-OH is 1. The van der Waals surface area contributed by atoms with Crippen LogP contribution in [0.25, 0.3) is 5.76 Å². The molecule has 3 aromatic rings. The fourth-order valence-corrected chi connectivity index (χ4v) is 4.52. The van der Waals surface area contributed by atoms with Crippen molar-refractivity contribution in [3.05, 3.63) is 99.0 Å². The molecule has 0 radical (unpaired) electrons. The Morgan fingerprint density at radius 2 is 1.60 bits per heavy atom. The van der Waals surface area contributed by atoms with Crippen LogP contribution in [0.3, 0.4) is 0 Å². The second kappa shape index (κ2) is 10.4. The number of hydrogen-bond acceptors (Lipinski definition) is 5. The van der Waals surface area contributed by atoms with Gasteiger partial charge in [-0.2, -0.15) is 0 Å². The van der Waals surface area contributed by atoms with Crippen molar-refractivity contribution in [2.24, 2.45) is 0 Å². The van der Waals surface area contributed by atoms with Gasteiger partial charge in [-0.3, -0.25) is 9.59 Å². The normalized spacial score (nSPS) is 17.0. The Kier molecular flexibility index (Phi) is 7.26. The van der Waals surface area contributed by atoms with Crippen molar-refractivity contribution < 1.29 is 24.2 Å². The van der Waals surface area contributed by atoms with Gasteiger partial charge in [0.05, 0.1) is 25.8 Å². The first-order valence-electron chi connectivity index (χ1n) is 11.2. The van der Waals surface area contributed by atoms with Gasteiger partial charge in [0.1, 0.15) is 5.76 Å². The predicted octanol–water partition coefficient (Wildman–Crippen LogP) is 5.44. The van der Waals surface area contributed by atoms with Gasteiger partial charge in [0.25, 0.3) is 11.7 Å². The van der Waals surface area contributed by atoms with E-state index >= 15 is 0 Å². The summed E-state index contributed by atoms with van der Waals surface area (Å²) in [5.74, 6) is -0.291. The number of methoxy groups -OCH3 is 2. The maximum Gasteiger partial charge on any atom is 0.295 e. The minimum atomic E-state index is -0.704. The number of ether oxygens (including phenoxy) is 2. The average molecular weight is 536 g/mol. The number of aliphatic hydroxyl groups is 1. The predicted molar refractivity (Wildman–Crippen MR) is 138 cm³/mol. The Morgan fingerprint density at radius 3 is 2.23 bits per heavy atom. The molecular weight excluding hydrogens is 510 g/mol. The number of rotatable bonds is 7. The van der Waals surface area contributed by atoms with Crippen molar-refractivity contribution in [1.29, 1.82) is 0 Å². The van der Waals surface area contributed by atoms with Gasteiger partial charge >= 0.3 is 0 Å². The van der Waals surface area contributed by atoms with Crippen LogP contribution in [0, 0.1) is 6.92 Å². The van der Waals surface area contributed by atoms with Gasteiger partial charge in [0.15, 0.2) is 11.5 Å². The van der Waals surface area contributed by atoms with Crippen LogP contribution >= 0.6 is 15.9 Å². The molecule has 0 aromatic heterocycles. The Morgan fingerprint density at radius 1 is 0.943 bits per heavy atom. The highest BCUT2D eigenvalue weighted by Gasteiger charge is 2.45. The van der Waals surface area contributed by atoms with E-state index in [2.05, 4.69) is 15.9 Å². The van der Waals surface area contributed by atoms with Crippen LogP contribution in [0.4, 0.5) is 0 Å². The number of benzene rings is 3. The third-order valence-corrected chi connectivity index (χ3v) is 6.67. The molecule has 0 bridgehead atoms. The Bertz CT molecular complexity index is 1280. The van der Waals surface area contributed by atoms with Gasteiger partial charge in [0, 0.05) is 16.6 Å². The fourth-order valence-electron chi connectivity index (χ4n) is 4.25. The zero-order chi connectivity index (χ0) is 25.1. The Hall–Kier alpha value is -3.58. The van der Waals surface area contributed by atoms with Crippen LogP contribution < -0.4 is 9.47 Å². The number of halogens is 1. The number of carbonyl (C=O) groups is 2. The molecule has 4 rings (SSSR count). The van der Waals surface area contributed by atoms with E-state index in [1.807, 2.05) is 61.5 Å². The summed E-state index contributed by atoms with van der Waals surface area (Å²) >= 11 is 3.44. The van der Waals surface area contributed by atoms with Crippen molar-refractivity contribution in [2.45, 2.75) is 19.4 Å². The fraction of sp³-hybridized carbons (Fsp3) is 0.214. The number of aryl methyl sites for hydroxylation is 1. The first kappa shape index (κ1) is 24.5. The van der Waals surface area contributed by atoms with Crippen LogP contribution in [0.1, 0.15) is 28.3 Å². The maximum absolute atomic E-state index is 13.2. The first-order valence-corrected chi connectivity index (χ1v) is 11.9. The number of likely N-dealkylation sites (tertiary alicyclic amines) is 1. The molecular formula is C28H26BrNO5. The highest BCUT2D eigenvalue weighted by Crippen LogP contribution is 2.40. The third kappa shape index (κ3) is 4.95. The second-order valence-electron chi connectivity index (χ2n) is 8.35. The summed E-state index contributed by atoms with van der Waals surface area (Å²) < 4.78 is 11.6. The monoisotopic (exact) mass is 535 g/mol. The van der Waals surface area contributed by atoms with Crippen LogP contribution in [-0.2, 0) is 16.0 Å². The lowest BCUT2D eigenvalue weighted by molar-refractivity contribution is -0.139. The zero-order valence-corrected chi connectivity index (χ0v) is 21.3. The summed E-state index contributed by atoms with van der Waals surface area (Å²) in [5, 5.41) is 11.2. The van der Waals surface area contributed by atoms with Crippen LogP contribution in [0.15, 0.2) is 76.8 Å². The van der Waals surface area contributed by atoms with Crippen LogP contribution in [-0.4, -0.2) is 42.5 Å². The molecule has 1 saturated heterocycles. The summed E-state index contributed by atoms with van der Waals surface area (Å²) in [6, 6.07) is 19.5. The minimum Gasteiger partial charge on any atom is -0.507 e. The lowest BCUT2D eigenvalue weighted by atomic mass is 9.95. The third-order valence-electron chi connectivity index (χ3n) is 6.14. The first-order chi connectivity index (χ1) is 16.8. The van der Waals surface area contributed by atoms with Gasteiger partial charge < -0.3 is 19.5 Å². The highest BCUT2D eigenvalue weighted by molar-refractivity contribution is 9.10. The topological polar surface area (TPSA) is 76.1 Å². The van der Waals surface area contributed by atoms with Gasteiger partial charge in [-0.25, -0.2) is 0 Å². The molecule has 1 aliphatic heterocycles. The van der Waals surface area contributed by atoms with Crippen molar-refractivity contribution in [1.82, 2.24) is 4.90 Å². The van der Waals surface area contributed by atoms with Crippen molar-refractivity contribution in [2.75, 3.05) is 20.8 Å². The lowest BCUT2D eigenvalue weighted by Crippen LogP contribution is -2.31. The standard InChI is InChI=1S/C28H26BrNO5/c1-17-4-7-20(8-5-17)26(31)24-25(19-9-11-21(29)12-10-19)30(28(33)27(24)32)15-14-18-6-13-22(34-2)23(16-18)35-3/h4-13,16,25,31H,14-15H2,1-3H3/t25-/m1/s1. The molecule has 180 valence electrons. The van der Waals surface area contributed by atoms with Crippen molar-refractivity contribution in [3.8, 4) is 11.5 Å². The van der Waals surface area contributed by atoms with E-state index in [-0.39, 0.29) is 17.9 Å². The van der Waals surface area contributed by atoms with Crippen LogP contribution in [0.2, 0.25) is 0 Å². The van der Waals surface area contributed by atoms with E-state index in [4.69, 9.17) is 9.47 Å². The smallest absolute Gasteiger partial charge is 0.295 e. The lowest BCUT2D eigenvalue weighted by Gasteiger charge is -2.25. The second-order valence-corrected chi connectivity index (χ2v) is 9.27. The molecule has 1 N–H and O–H groups in total.